The Kier molecular flexibility index (Phi) is 4.30. The van der Waals surface area contributed by atoms with Crippen LogP contribution in [0.15, 0.2) is 47.8 Å². The predicted molar refractivity (Wildman–Crippen MR) is 100 cm³/mol. The van der Waals surface area contributed by atoms with Crippen LogP contribution in [0.5, 0.6) is 0 Å². The number of hydrogen-bond acceptors (Lipinski definition) is 3. The Morgan fingerprint density at radius 3 is 2.79 bits per heavy atom. The largest absolute Gasteiger partial charge is 0.302 e. The SMILES string of the molecule is O=C(CC1CCCC1)Nc1nc(-c2cccc3ccccc23)cs1. The molecule has 0 saturated heterocycles. The number of hydrogen-bond donors (Lipinski definition) is 1. The summed E-state index contributed by atoms with van der Waals surface area (Å²) in [7, 11) is 0. The molecule has 1 N–H and O–H groups in total. The minimum Gasteiger partial charge on any atom is -0.302 e. The van der Waals surface area contributed by atoms with E-state index in [4.69, 9.17) is 0 Å². The first-order chi connectivity index (χ1) is 11.8. The third-order valence-corrected chi connectivity index (χ3v) is 5.52. The van der Waals surface area contributed by atoms with Gasteiger partial charge in [0, 0.05) is 17.4 Å². The van der Waals surface area contributed by atoms with Crippen LogP contribution in [0.4, 0.5) is 5.13 Å². The van der Waals surface area contributed by atoms with Gasteiger partial charge in [-0.05, 0) is 29.5 Å². The molecule has 1 saturated carbocycles. The van der Waals surface area contributed by atoms with Crippen LogP contribution >= 0.6 is 11.3 Å². The first-order valence-electron chi connectivity index (χ1n) is 8.53. The van der Waals surface area contributed by atoms with Gasteiger partial charge in [-0.2, -0.15) is 0 Å². The van der Waals surface area contributed by atoms with Gasteiger partial charge in [0.25, 0.3) is 0 Å². The van der Waals surface area contributed by atoms with Gasteiger partial charge in [-0.3, -0.25) is 4.79 Å². The Morgan fingerprint density at radius 1 is 1.12 bits per heavy atom. The molecule has 0 unspecified atom stereocenters. The van der Waals surface area contributed by atoms with Crippen molar-refractivity contribution in [1.29, 1.82) is 0 Å². The molecule has 1 heterocycles. The Balaban J connectivity index is 1.52. The van der Waals surface area contributed by atoms with E-state index in [-0.39, 0.29) is 5.91 Å². The lowest BCUT2D eigenvalue weighted by molar-refractivity contribution is -0.117. The van der Waals surface area contributed by atoms with Crippen molar-refractivity contribution in [2.75, 3.05) is 5.32 Å². The Bertz CT molecular complexity index is 859. The summed E-state index contributed by atoms with van der Waals surface area (Å²) in [6.45, 7) is 0. The van der Waals surface area contributed by atoms with E-state index >= 15 is 0 Å². The van der Waals surface area contributed by atoms with Crippen LogP contribution in [0.1, 0.15) is 32.1 Å². The maximum Gasteiger partial charge on any atom is 0.226 e. The van der Waals surface area contributed by atoms with Crippen LogP contribution in [0.3, 0.4) is 0 Å². The molecule has 0 spiro atoms. The Labute approximate surface area is 145 Å². The van der Waals surface area contributed by atoms with Crippen LogP contribution in [-0.4, -0.2) is 10.9 Å². The molecule has 3 aromatic rings. The van der Waals surface area contributed by atoms with Crippen molar-refractivity contribution in [3.63, 3.8) is 0 Å². The third kappa shape index (κ3) is 3.20. The van der Waals surface area contributed by atoms with E-state index in [9.17, 15) is 4.79 Å². The lowest BCUT2D eigenvalue weighted by Crippen LogP contribution is -2.14. The van der Waals surface area contributed by atoms with E-state index < -0.39 is 0 Å². The highest BCUT2D eigenvalue weighted by Gasteiger charge is 2.19. The van der Waals surface area contributed by atoms with Gasteiger partial charge in [-0.25, -0.2) is 4.98 Å². The van der Waals surface area contributed by atoms with Crippen LogP contribution in [0.2, 0.25) is 0 Å². The summed E-state index contributed by atoms with van der Waals surface area (Å²) < 4.78 is 0. The van der Waals surface area contributed by atoms with Crippen molar-refractivity contribution in [2.45, 2.75) is 32.1 Å². The minimum absolute atomic E-state index is 0.0979. The summed E-state index contributed by atoms with van der Waals surface area (Å²) in [6, 6.07) is 14.6. The highest BCUT2D eigenvalue weighted by molar-refractivity contribution is 7.14. The van der Waals surface area contributed by atoms with Gasteiger partial charge in [-0.15, -0.1) is 11.3 Å². The molecule has 0 radical (unpaired) electrons. The van der Waals surface area contributed by atoms with E-state index in [2.05, 4.69) is 40.6 Å². The number of rotatable bonds is 4. The fourth-order valence-corrected chi connectivity index (χ4v) is 4.28. The zero-order chi connectivity index (χ0) is 16.4. The standard InChI is InChI=1S/C20H20N2OS/c23-19(12-14-6-1-2-7-14)22-20-21-18(13-24-20)17-11-5-9-15-8-3-4-10-16(15)17/h3-5,8-11,13-14H,1-2,6-7,12H2,(H,21,22,23). The number of amides is 1. The van der Waals surface area contributed by atoms with Crippen LogP contribution < -0.4 is 5.32 Å². The topological polar surface area (TPSA) is 42.0 Å². The average Bonchev–Trinajstić information content (AvgIpc) is 3.26. The average molecular weight is 336 g/mol. The number of nitrogens with one attached hydrogen (secondary N) is 1. The molecule has 122 valence electrons. The Morgan fingerprint density at radius 2 is 1.92 bits per heavy atom. The number of nitrogens with zero attached hydrogens (tertiary/aromatic N) is 1. The summed E-state index contributed by atoms with van der Waals surface area (Å²) in [6.07, 6.45) is 5.53. The second-order valence-corrected chi connectivity index (χ2v) is 7.33. The van der Waals surface area contributed by atoms with E-state index in [1.807, 2.05) is 17.5 Å². The molecule has 1 amide bonds. The van der Waals surface area contributed by atoms with Crippen LogP contribution in [-0.2, 0) is 4.79 Å². The number of aromatic nitrogens is 1. The zero-order valence-corrected chi connectivity index (χ0v) is 14.3. The molecule has 1 aliphatic carbocycles. The van der Waals surface area contributed by atoms with Gasteiger partial charge < -0.3 is 5.32 Å². The minimum atomic E-state index is 0.0979. The van der Waals surface area contributed by atoms with Crippen molar-refractivity contribution >= 4 is 33.1 Å². The normalized spacial score (nSPS) is 15.0. The monoisotopic (exact) mass is 336 g/mol. The number of anilines is 1. The molecule has 1 fully saturated rings. The van der Waals surface area contributed by atoms with Gasteiger partial charge >= 0.3 is 0 Å². The van der Waals surface area contributed by atoms with Gasteiger partial charge in [0.2, 0.25) is 5.91 Å². The molecule has 2 aromatic carbocycles. The van der Waals surface area contributed by atoms with Crippen LogP contribution in [0.25, 0.3) is 22.0 Å². The molecule has 0 atom stereocenters. The summed E-state index contributed by atoms with van der Waals surface area (Å²) in [5, 5.41) is 8.08. The van der Waals surface area contributed by atoms with E-state index in [1.165, 1.54) is 47.8 Å². The van der Waals surface area contributed by atoms with E-state index in [0.29, 0.717) is 17.5 Å². The maximum atomic E-state index is 12.2. The third-order valence-electron chi connectivity index (χ3n) is 4.76. The quantitative estimate of drug-likeness (QED) is 0.685. The van der Waals surface area contributed by atoms with Crippen molar-refractivity contribution < 1.29 is 4.79 Å². The maximum absolute atomic E-state index is 12.2. The summed E-state index contributed by atoms with van der Waals surface area (Å²) in [4.78, 5) is 16.8. The first kappa shape index (κ1) is 15.3. The second kappa shape index (κ2) is 6.73. The smallest absolute Gasteiger partial charge is 0.226 e. The fraction of sp³-hybridized carbons (Fsp3) is 0.300. The lowest BCUT2D eigenvalue weighted by Gasteiger charge is -2.07. The molecule has 3 nitrogen and oxygen atoms in total. The van der Waals surface area contributed by atoms with Crippen molar-refractivity contribution in [3.8, 4) is 11.3 Å². The number of fused-ring (bicyclic) bond motifs is 1. The molecule has 1 aromatic heterocycles. The highest BCUT2D eigenvalue weighted by atomic mass is 32.1. The number of carbonyl (C=O) groups excluding carboxylic acids is 1. The van der Waals surface area contributed by atoms with Gasteiger partial charge in [0.15, 0.2) is 5.13 Å². The Hall–Kier alpha value is -2.20. The summed E-state index contributed by atoms with van der Waals surface area (Å²) in [5.41, 5.74) is 2.04. The number of carbonyl (C=O) groups is 1. The fourth-order valence-electron chi connectivity index (χ4n) is 3.55. The van der Waals surface area contributed by atoms with Crippen LogP contribution in [0, 0.1) is 5.92 Å². The number of thiazole rings is 1. The zero-order valence-electron chi connectivity index (χ0n) is 13.5. The van der Waals surface area contributed by atoms with Gasteiger partial charge in [0.1, 0.15) is 0 Å². The van der Waals surface area contributed by atoms with Gasteiger partial charge in [0.05, 0.1) is 5.69 Å². The van der Waals surface area contributed by atoms with Crippen molar-refractivity contribution in [2.24, 2.45) is 5.92 Å². The van der Waals surface area contributed by atoms with E-state index in [1.54, 1.807) is 0 Å². The molecular formula is C20H20N2OS. The van der Waals surface area contributed by atoms with Gasteiger partial charge in [-0.1, -0.05) is 55.3 Å². The molecule has 4 rings (SSSR count). The first-order valence-corrected chi connectivity index (χ1v) is 9.41. The van der Waals surface area contributed by atoms with E-state index in [0.717, 1.165) is 11.3 Å². The molecule has 4 heteroatoms. The second-order valence-electron chi connectivity index (χ2n) is 6.47. The molecule has 24 heavy (non-hydrogen) atoms. The molecule has 0 aliphatic heterocycles. The highest BCUT2D eigenvalue weighted by Crippen LogP contribution is 2.32. The predicted octanol–water partition coefficient (Wildman–Crippen LogP) is 5.48. The van der Waals surface area contributed by atoms with Crippen molar-refractivity contribution in [1.82, 2.24) is 4.98 Å². The number of benzene rings is 2. The van der Waals surface area contributed by atoms with Crippen molar-refractivity contribution in [3.05, 3.63) is 47.8 Å². The lowest BCUT2D eigenvalue weighted by atomic mass is 10.0. The molecular weight excluding hydrogens is 316 g/mol. The molecule has 1 aliphatic rings. The molecule has 0 bridgehead atoms. The summed E-state index contributed by atoms with van der Waals surface area (Å²) >= 11 is 1.50. The summed E-state index contributed by atoms with van der Waals surface area (Å²) in [5.74, 6) is 0.656.